The van der Waals surface area contributed by atoms with E-state index in [9.17, 15) is 8.42 Å². The zero-order valence-electron chi connectivity index (χ0n) is 16.8. The average molecular weight is 403 g/mol. The minimum Gasteiger partial charge on any atom is -0.317 e. The van der Waals surface area contributed by atoms with Gasteiger partial charge in [0.1, 0.15) is 12.2 Å². The van der Waals surface area contributed by atoms with Gasteiger partial charge in [-0.1, -0.05) is 26.0 Å². The smallest absolute Gasteiger partial charge is 0.243 e. The molecule has 1 aliphatic heterocycles. The Morgan fingerprint density at radius 3 is 2.57 bits per heavy atom. The molecule has 0 spiro atoms. The fourth-order valence-corrected chi connectivity index (χ4v) is 5.80. The van der Waals surface area contributed by atoms with E-state index in [4.69, 9.17) is 0 Å². The van der Waals surface area contributed by atoms with Gasteiger partial charge in [0.25, 0.3) is 0 Å². The molecular weight excluding hydrogens is 372 g/mol. The average Bonchev–Trinajstić information content (AvgIpc) is 3.17. The molecule has 0 radical (unpaired) electrons. The summed E-state index contributed by atoms with van der Waals surface area (Å²) in [5.41, 5.74) is 1.16. The molecule has 2 aromatic rings. The van der Waals surface area contributed by atoms with Gasteiger partial charge in [0, 0.05) is 25.6 Å². The molecule has 1 unspecified atom stereocenters. The van der Waals surface area contributed by atoms with Gasteiger partial charge in [-0.25, -0.2) is 8.42 Å². The number of hydrogen-bond donors (Lipinski definition) is 0. The van der Waals surface area contributed by atoms with Gasteiger partial charge in [-0.15, -0.1) is 10.2 Å². The Kier molecular flexibility index (Phi) is 5.56. The van der Waals surface area contributed by atoms with Crippen LogP contribution < -0.4 is 0 Å². The fraction of sp³-hybridized carbons (Fsp3) is 0.619. The van der Waals surface area contributed by atoms with E-state index in [1.807, 2.05) is 18.5 Å². The zero-order chi connectivity index (χ0) is 19.7. The van der Waals surface area contributed by atoms with Crippen LogP contribution in [0.15, 0.2) is 35.5 Å². The van der Waals surface area contributed by atoms with Crippen LogP contribution in [0.4, 0.5) is 0 Å². The molecule has 1 saturated carbocycles. The number of benzene rings is 1. The summed E-state index contributed by atoms with van der Waals surface area (Å²) in [5, 5.41) is 8.34. The molecule has 2 heterocycles. The lowest BCUT2D eigenvalue weighted by atomic mass is 10.0. The Hall–Kier alpha value is -1.73. The van der Waals surface area contributed by atoms with Crippen molar-refractivity contribution in [2.24, 2.45) is 5.92 Å². The maximum atomic E-state index is 13.2. The Bertz CT molecular complexity index is 901. The van der Waals surface area contributed by atoms with Gasteiger partial charge in [0.05, 0.1) is 4.90 Å². The summed E-state index contributed by atoms with van der Waals surface area (Å²) in [5.74, 6) is 2.15. The summed E-state index contributed by atoms with van der Waals surface area (Å²) in [4.78, 5) is 0.403. The summed E-state index contributed by atoms with van der Waals surface area (Å²) in [7, 11) is -3.45. The molecule has 4 rings (SSSR count). The Morgan fingerprint density at radius 1 is 1.14 bits per heavy atom. The van der Waals surface area contributed by atoms with Gasteiger partial charge in [0.2, 0.25) is 10.0 Å². The van der Waals surface area contributed by atoms with Gasteiger partial charge < -0.3 is 4.57 Å². The van der Waals surface area contributed by atoms with E-state index in [1.54, 1.807) is 16.4 Å². The molecule has 1 aliphatic carbocycles. The molecule has 2 aliphatic rings. The van der Waals surface area contributed by atoms with Gasteiger partial charge in [-0.3, -0.25) is 0 Å². The molecule has 1 aromatic carbocycles. The van der Waals surface area contributed by atoms with Crippen molar-refractivity contribution < 1.29 is 8.42 Å². The third-order valence-corrected chi connectivity index (χ3v) is 7.99. The van der Waals surface area contributed by atoms with Crippen LogP contribution in [0, 0.1) is 5.92 Å². The molecule has 0 N–H and O–H groups in total. The van der Waals surface area contributed by atoms with Crippen LogP contribution in [0.2, 0.25) is 0 Å². The molecule has 1 saturated heterocycles. The molecule has 1 aromatic heterocycles. The number of aryl methyl sites for hydroxylation is 1. The van der Waals surface area contributed by atoms with E-state index in [-0.39, 0.29) is 6.04 Å². The van der Waals surface area contributed by atoms with Crippen LogP contribution >= 0.6 is 0 Å². The predicted molar refractivity (Wildman–Crippen MR) is 109 cm³/mol. The van der Waals surface area contributed by atoms with Crippen molar-refractivity contribution in [3.8, 4) is 0 Å². The van der Waals surface area contributed by atoms with Crippen molar-refractivity contribution in [1.82, 2.24) is 19.1 Å². The fourth-order valence-electron chi connectivity index (χ4n) is 4.07. The number of rotatable bonds is 8. The SMILES string of the molecule is CC(C)c1ccc(S(=O)(=O)N2CCCC2CCc2nncn2CC2CC2)cc1. The maximum Gasteiger partial charge on any atom is 0.243 e. The summed E-state index contributed by atoms with van der Waals surface area (Å²) in [6.45, 7) is 5.83. The Balaban J connectivity index is 1.44. The second-order valence-electron chi connectivity index (χ2n) is 8.52. The summed E-state index contributed by atoms with van der Waals surface area (Å²) in [6.07, 6.45) is 7.81. The van der Waals surface area contributed by atoms with E-state index >= 15 is 0 Å². The van der Waals surface area contributed by atoms with E-state index < -0.39 is 10.0 Å². The number of sulfonamides is 1. The second kappa shape index (κ2) is 7.95. The topological polar surface area (TPSA) is 68.1 Å². The molecule has 28 heavy (non-hydrogen) atoms. The first-order chi connectivity index (χ1) is 13.4. The molecular formula is C21H30N4O2S. The zero-order valence-corrected chi connectivity index (χ0v) is 17.6. The molecule has 1 atom stereocenters. The van der Waals surface area contributed by atoms with Crippen LogP contribution in [0.3, 0.4) is 0 Å². The van der Waals surface area contributed by atoms with Crippen molar-refractivity contribution >= 4 is 10.0 Å². The van der Waals surface area contributed by atoms with E-state index in [0.717, 1.165) is 49.5 Å². The van der Waals surface area contributed by atoms with E-state index in [1.165, 1.54) is 12.8 Å². The second-order valence-corrected chi connectivity index (χ2v) is 10.4. The highest BCUT2D eigenvalue weighted by Crippen LogP contribution is 2.32. The first-order valence-corrected chi connectivity index (χ1v) is 11.9. The van der Waals surface area contributed by atoms with Gasteiger partial charge in [-0.05, 0) is 61.6 Å². The van der Waals surface area contributed by atoms with Crippen molar-refractivity contribution in [1.29, 1.82) is 0 Å². The lowest BCUT2D eigenvalue weighted by molar-refractivity contribution is 0.366. The highest BCUT2D eigenvalue weighted by Gasteiger charge is 2.35. The largest absolute Gasteiger partial charge is 0.317 e. The highest BCUT2D eigenvalue weighted by atomic mass is 32.2. The molecule has 0 amide bonds. The quantitative estimate of drug-likeness (QED) is 0.677. The monoisotopic (exact) mass is 402 g/mol. The highest BCUT2D eigenvalue weighted by molar-refractivity contribution is 7.89. The summed E-state index contributed by atoms with van der Waals surface area (Å²) in [6, 6.07) is 7.42. The molecule has 0 bridgehead atoms. The minimum absolute atomic E-state index is 0.0425. The van der Waals surface area contributed by atoms with Crippen molar-refractivity contribution in [3.63, 3.8) is 0 Å². The van der Waals surface area contributed by atoms with Crippen molar-refractivity contribution in [3.05, 3.63) is 42.0 Å². The molecule has 2 fully saturated rings. The standard InChI is InChI=1S/C21H30N4O2S/c1-16(2)18-7-10-20(11-8-18)28(26,27)25-13-3-4-19(25)9-12-21-23-22-15-24(21)14-17-5-6-17/h7-8,10-11,15-17,19H,3-6,9,12-14H2,1-2H3. The van der Waals surface area contributed by atoms with Crippen molar-refractivity contribution in [2.45, 2.75) is 75.8 Å². The van der Waals surface area contributed by atoms with Crippen LogP contribution in [0.25, 0.3) is 0 Å². The first kappa shape index (κ1) is 19.6. The number of nitrogens with zero attached hydrogens (tertiary/aromatic N) is 4. The predicted octanol–water partition coefficient (Wildman–Crippen LogP) is 3.60. The van der Waals surface area contributed by atoms with Crippen LogP contribution in [0.1, 0.15) is 63.3 Å². The summed E-state index contributed by atoms with van der Waals surface area (Å²) >= 11 is 0. The number of hydrogen-bond acceptors (Lipinski definition) is 4. The van der Waals surface area contributed by atoms with Gasteiger partial charge in [0.15, 0.2) is 0 Å². The van der Waals surface area contributed by atoms with Crippen LogP contribution in [-0.4, -0.2) is 40.1 Å². The molecule has 152 valence electrons. The van der Waals surface area contributed by atoms with Gasteiger partial charge >= 0.3 is 0 Å². The van der Waals surface area contributed by atoms with Crippen LogP contribution in [-0.2, 0) is 23.0 Å². The lowest BCUT2D eigenvalue weighted by Gasteiger charge is -2.24. The maximum absolute atomic E-state index is 13.2. The molecule has 6 nitrogen and oxygen atoms in total. The Labute approximate surface area is 168 Å². The molecule has 7 heteroatoms. The normalized spacial score (nSPS) is 20.9. The lowest BCUT2D eigenvalue weighted by Crippen LogP contribution is -2.36. The summed E-state index contributed by atoms with van der Waals surface area (Å²) < 4.78 is 30.3. The van der Waals surface area contributed by atoms with Gasteiger partial charge in [-0.2, -0.15) is 4.31 Å². The van der Waals surface area contributed by atoms with Crippen molar-refractivity contribution in [2.75, 3.05) is 6.54 Å². The van der Waals surface area contributed by atoms with E-state index in [0.29, 0.717) is 17.4 Å². The number of aromatic nitrogens is 3. The Morgan fingerprint density at radius 2 is 1.89 bits per heavy atom. The third-order valence-electron chi connectivity index (χ3n) is 6.03. The minimum atomic E-state index is -3.45. The third kappa shape index (κ3) is 4.15. The van der Waals surface area contributed by atoms with Crippen LogP contribution in [0.5, 0.6) is 0 Å². The first-order valence-electron chi connectivity index (χ1n) is 10.4. The van der Waals surface area contributed by atoms with E-state index in [2.05, 4.69) is 28.6 Å².